The van der Waals surface area contributed by atoms with Crippen LogP contribution in [0.5, 0.6) is 5.75 Å². The summed E-state index contributed by atoms with van der Waals surface area (Å²) in [6.07, 6.45) is 5.37. The fourth-order valence-corrected chi connectivity index (χ4v) is 7.11. The van der Waals surface area contributed by atoms with Crippen LogP contribution >= 0.6 is 11.3 Å². The summed E-state index contributed by atoms with van der Waals surface area (Å²) in [7, 11) is 0. The lowest BCUT2D eigenvalue weighted by Gasteiger charge is -2.36. The molecule has 1 aliphatic heterocycles. The van der Waals surface area contributed by atoms with Gasteiger partial charge in [0.25, 0.3) is 0 Å². The highest BCUT2D eigenvalue weighted by atomic mass is 32.1. The van der Waals surface area contributed by atoms with Crippen molar-refractivity contribution in [2.75, 3.05) is 6.61 Å². The zero-order valence-electron chi connectivity index (χ0n) is 23.4. The highest BCUT2D eigenvalue weighted by Gasteiger charge is 2.54. The van der Waals surface area contributed by atoms with Gasteiger partial charge < -0.3 is 15.3 Å². The highest BCUT2D eigenvalue weighted by molar-refractivity contribution is 7.09. The van der Waals surface area contributed by atoms with Gasteiger partial charge in [0.15, 0.2) is 0 Å². The van der Waals surface area contributed by atoms with Crippen molar-refractivity contribution in [1.29, 1.82) is 0 Å². The molecule has 0 bridgehead atoms. The Labute approximate surface area is 235 Å². The first-order chi connectivity index (χ1) is 18.7. The maximum atomic E-state index is 13.5. The number of carbonyl (C=O) groups excluding carboxylic acids is 2. The minimum Gasteiger partial charge on any atom is -0.507 e. The molecule has 4 atom stereocenters. The molecule has 0 unspecified atom stereocenters. The van der Waals surface area contributed by atoms with Crippen LogP contribution in [0, 0.1) is 31.6 Å². The molecule has 1 fully saturated rings. The van der Waals surface area contributed by atoms with Crippen molar-refractivity contribution in [1.82, 2.24) is 4.90 Å². The first-order valence-electron chi connectivity index (χ1n) is 14.1. The number of nitrogens with zero attached hydrogens (tertiary/aromatic N) is 1. The topological polar surface area (TPSA) is 98.1 Å². The minimum absolute atomic E-state index is 0.158. The summed E-state index contributed by atoms with van der Waals surface area (Å²) in [5, 5.41) is 34.1. The number of carbonyl (C=O) groups is 2. The number of aryl methyl sites for hydroxylation is 2. The summed E-state index contributed by atoms with van der Waals surface area (Å²) < 4.78 is 0. The number of allylic oxidation sites excluding steroid dienone is 2. The molecule has 6 nitrogen and oxygen atoms in total. The van der Waals surface area contributed by atoms with Gasteiger partial charge in [-0.05, 0) is 91.8 Å². The summed E-state index contributed by atoms with van der Waals surface area (Å²) >= 11 is 1.52. The van der Waals surface area contributed by atoms with Gasteiger partial charge in [0.1, 0.15) is 5.75 Å². The fraction of sp³-hybridized carbons (Fsp3) is 0.500. The lowest BCUT2D eigenvalue weighted by atomic mass is 9.67. The van der Waals surface area contributed by atoms with Gasteiger partial charge in [-0.2, -0.15) is 0 Å². The monoisotopic (exact) mass is 551 g/mol. The Bertz CT molecular complexity index is 1240. The third-order valence-corrected chi connectivity index (χ3v) is 9.22. The maximum Gasteiger partial charge on any atom is 0.234 e. The second-order valence-electron chi connectivity index (χ2n) is 11.0. The van der Waals surface area contributed by atoms with Gasteiger partial charge in [-0.3, -0.25) is 14.5 Å². The third kappa shape index (κ3) is 6.06. The number of phenols is 1. The molecule has 1 aromatic heterocycles. The van der Waals surface area contributed by atoms with E-state index in [0.717, 1.165) is 52.0 Å². The summed E-state index contributed by atoms with van der Waals surface area (Å²) in [6.45, 7) is 7.93. The summed E-state index contributed by atoms with van der Waals surface area (Å²) in [5.74, 6) is -1.73. The number of hydrogen-bond acceptors (Lipinski definition) is 6. The molecule has 39 heavy (non-hydrogen) atoms. The van der Waals surface area contributed by atoms with Crippen LogP contribution in [-0.4, -0.2) is 44.7 Å². The number of phenolic OH excluding ortho intramolecular Hbond substituents is 1. The van der Waals surface area contributed by atoms with Crippen molar-refractivity contribution in [2.24, 2.45) is 17.8 Å². The van der Waals surface area contributed by atoms with E-state index >= 15 is 0 Å². The molecule has 2 aliphatic rings. The molecule has 7 heteroatoms. The van der Waals surface area contributed by atoms with Gasteiger partial charge in [-0.15, -0.1) is 11.3 Å². The van der Waals surface area contributed by atoms with E-state index in [4.69, 9.17) is 0 Å². The minimum atomic E-state index is -0.794. The predicted molar refractivity (Wildman–Crippen MR) is 155 cm³/mol. The van der Waals surface area contributed by atoms with Crippen LogP contribution in [0.1, 0.15) is 73.9 Å². The first-order valence-corrected chi connectivity index (χ1v) is 15.0. The fourth-order valence-electron chi connectivity index (χ4n) is 6.41. The predicted octanol–water partition coefficient (Wildman–Crippen LogP) is 5.92. The number of fused-ring (bicyclic) bond motifs is 1. The maximum absolute atomic E-state index is 13.5. The number of hydrogen-bond donors (Lipinski definition) is 3. The molecule has 2 heterocycles. The molecule has 1 aliphatic carbocycles. The number of likely N-dealkylation sites (tertiary alicyclic amines) is 1. The zero-order valence-corrected chi connectivity index (χ0v) is 24.3. The van der Waals surface area contributed by atoms with Crippen molar-refractivity contribution < 1.29 is 24.9 Å². The molecule has 4 rings (SSSR count). The molecular formula is C32H41NO5S. The highest BCUT2D eigenvalue weighted by Crippen LogP contribution is 2.47. The molecule has 0 spiro atoms. The Kier molecular flexibility index (Phi) is 9.47. The molecule has 1 aromatic carbocycles. The van der Waals surface area contributed by atoms with Gasteiger partial charge in [-0.1, -0.05) is 43.6 Å². The molecule has 2 amide bonds. The van der Waals surface area contributed by atoms with E-state index in [0.29, 0.717) is 25.0 Å². The van der Waals surface area contributed by atoms with Crippen LogP contribution in [-0.2, 0) is 16.1 Å². The van der Waals surface area contributed by atoms with E-state index < -0.39 is 23.9 Å². The van der Waals surface area contributed by atoms with E-state index in [1.807, 2.05) is 43.5 Å². The van der Waals surface area contributed by atoms with Crippen LogP contribution in [0.2, 0.25) is 0 Å². The van der Waals surface area contributed by atoms with Crippen LogP contribution in [0.15, 0.2) is 46.4 Å². The molecule has 1 saturated heterocycles. The molecule has 2 aromatic rings. The van der Waals surface area contributed by atoms with Gasteiger partial charge >= 0.3 is 0 Å². The Morgan fingerprint density at radius 1 is 1.18 bits per heavy atom. The summed E-state index contributed by atoms with van der Waals surface area (Å²) in [4.78, 5) is 29.2. The largest absolute Gasteiger partial charge is 0.507 e. The SMILES string of the molecule is CCCC1=C([C@H](O)CC/C(=C/c2cc(C)c(O)c(C)c2)CC)[C@H](CO)[C@@H]2C(=O)N(Cc3cccs3)C(=O)[C@@H]2C1. The van der Waals surface area contributed by atoms with Crippen molar-refractivity contribution in [2.45, 2.75) is 78.9 Å². The Balaban J connectivity index is 1.56. The van der Waals surface area contributed by atoms with Crippen molar-refractivity contribution >= 4 is 29.2 Å². The van der Waals surface area contributed by atoms with E-state index in [1.165, 1.54) is 21.8 Å². The normalized spacial score (nSPS) is 22.6. The lowest BCUT2D eigenvalue weighted by Crippen LogP contribution is -2.39. The van der Waals surface area contributed by atoms with Crippen molar-refractivity contribution in [3.05, 3.63) is 67.9 Å². The number of aliphatic hydroxyl groups excluding tert-OH is 2. The molecule has 210 valence electrons. The second-order valence-corrected chi connectivity index (χ2v) is 12.0. The van der Waals surface area contributed by atoms with E-state index in [9.17, 15) is 24.9 Å². The summed E-state index contributed by atoms with van der Waals surface area (Å²) in [5.41, 5.74) is 5.66. The van der Waals surface area contributed by atoms with Crippen LogP contribution in [0.25, 0.3) is 6.08 Å². The number of imide groups is 1. The average Bonchev–Trinajstić information content (AvgIpc) is 3.51. The van der Waals surface area contributed by atoms with Gasteiger partial charge in [0, 0.05) is 10.8 Å². The molecule has 3 N–H and O–H groups in total. The second kappa shape index (κ2) is 12.6. The van der Waals surface area contributed by atoms with Gasteiger partial charge in [-0.25, -0.2) is 0 Å². The lowest BCUT2D eigenvalue weighted by molar-refractivity contribution is -0.140. The zero-order chi connectivity index (χ0) is 28.3. The number of aliphatic hydroxyl groups is 2. The number of amides is 2. The third-order valence-electron chi connectivity index (χ3n) is 8.35. The molecular weight excluding hydrogens is 510 g/mol. The van der Waals surface area contributed by atoms with Gasteiger partial charge in [0.05, 0.1) is 31.1 Å². The number of thiophene rings is 1. The number of benzene rings is 1. The van der Waals surface area contributed by atoms with E-state index in [-0.39, 0.29) is 25.0 Å². The first kappa shape index (κ1) is 29.2. The quantitative estimate of drug-likeness (QED) is 0.238. The van der Waals surface area contributed by atoms with Crippen molar-refractivity contribution in [3.63, 3.8) is 0 Å². The Hall–Kier alpha value is -2.74. The Morgan fingerprint density at radius 2 is 1.90 bits per heavy atom. The number of aromatic hydroxyl groups is 1. The Morgan fingerprint density at radius 3 is 2.49 bits per heavy atom. The van der Waals surface area contributed by atoms with E-state index in [2.05, 4.69) is 19.9 Å². The molecule has 0 radical (unpaired) electrons. The van der Waals surface area contributed by atoms with Gasteiger partial charge in [0.2, 0.25) is 11.8 Å². The van der Waals surface area contributed by atoms with Crippen LogP contribution in [0.3, 0.4) is 0 Å². The van der Waals surface area contributed by atoms with Crippen molar-refractivity contribution in [3.8, 4) is 5.75 Å². The summed E-state index contributed by atoms with van der Waals surface area (Å²) in [6, 6.07) is 7.76. The molecule has 0 saturated carbocycles. The number of rotatable bonds is 11. The smallest absolute Gasteiger partial charge is 0.234 e. The standard InChI is InChI=1S/C32H41NO5S/c1-5-8-23-16-25-29(32(38)33(31(25)37)17-24-9-7-12-39-24)26(18-34)28(23)27(35)11-10-21(6-2)15-22-13-19(3)30(36)20(4)14-22/h7,9,12-15,25-27,29,34-36H,5-6,8,10-11,16-18H2,1-4H3/b21-15+/t25-,26+,27-,29-/m1/s1. The average molecular weight is 552 g/mol. The van der Waals surface area contributed by atoms with Crippen LogP contribution < -0.4 is 0 Å². The van der Waals surface area contributed by atoms with Crippen LogP contribution in [0.4, 0.5) is 0 Å². The van der Waals surface area contributed by atoms with E-state index in [1.54, 1.807) is 0 Å².